The SMILES string of the molecule is CC(C)c1cc(C(C)C)c(C(=N)c2ccccc2)c(C(C)C)c1. The van der Waals surface area contributed by atoms with Crippen LogP contribution in [0.4, 0.5) is 0 Å². The topological polar surface area (TPSA) is 23.9 Å². The molecule has 0 aliphatic rings. The van der Waals surface area contributed by atoms with Crippen LogP contribution >= 0.6 is 0 Å². The quantitative estimate of drug-likeness (QED) is 0.612. The van der Waals surface area contributed by atoms with E-state index in [0.717, 1.165) is 11.1 Å². The smallest absolute Gasteiger partial charge is 0.0690 e. The van der Waals surface area contributed by atoms with Crippen molar-refractivity contribution in [1.29, 1.82) is 5.41 Å². The number of nitrogens with one attached hydrogen (secondary N) is 1. The fourth-order valence-corrected chi connectivity index (χ4v) is 2.99. The van der Waals surface area contributed by atoms with Gasteiger partial charge < -0.3 is 0 Å². The zero-order valence-corrected chi connectivity index (χ0v) is 15.3. The highest BCUT2D eigenvalue weighted by molar-refractivity contribution is 6.12. The van der Waals surface area contributed by atoms with E-state index in [0.29, 0.717) is 23.5 Å². The summed E-state index contributed by atoms with van der Waals surface area (Å²) in [7, 11) is 0. The lowest BCUT2D eigenvalue weighted by molar-refractivity contribution is 0.800. The normalized spacial score (nSPS) is 11.5. The van der Waals surface area contributed by atoms with E-state index in [1.165, 1.54) is 16.7 Å². The summed E-state index contributed by atoms with van der Waals surface area (Å²) < 4.78 is 0. The van der Waals surface area contributed by atoms with E-state index in [1.807, 2.05) is 30.3 Å². The fourth-order valence-electron chi connectivity index (χ4n) is 2.99. The average Bonchev–Trinajstić information content (AvgIpc) is 2.53. The Morgan fingerprint density at radius 3 is 1.61 bits per heavy atom. The first-order valence-corrected chi connectivity index (χ1v) is 8.65. The van der Waals surface area contributed by atoms with Crippen molar-refractivity contribution in [3.63, 3.8) is 0 Å². The van der Waals surface area contributed by atoms with Gasteiger partial charge in [-0.3, -0.25) is 5.41 Å². The van der Waals surface area contributed by atoms with E-state index in [2.05, 4.69) is 53.7 Å². The molecule has 0 atom stereocenters. The summed E-state index contributed by atoms with van der Waals surface area (Å²) in [6.45, 7) is 13.4. The summed E-state index contributed by atoms with van der Waals surface area (Å²) >= 11 is 0. The first-order valence-electron chi connectivity index (χ1n) is 8.65. The predicted octanol–water partition coefficient (Wildman–Crippen LogP) is 6.47. The second-order valence-corrected chi connectivity index (χ2v) is 7.28. The number of hydrogen-bond donors (Lipinski definition) is 1. The Kier molecular flexibility index (Phi) is 5.41. The molecular weight excluding hydrogens is 278 g/mol. The van der Waals surface area contributed by atoms with Crippen LogP contribution in [0.15, 0.2) is 42.5 Å². The summed E-state index contributed by atoms with van der Waals surface area (Å²) in [5.41, 5.74) is 6.75. The highest BCUT2D eigenvalue weighted by atomic mass is 14.4. The maximum absolute atomic E-state index is 8.82. The number of benzene rings is 2. The second kappa shape index (κ2) is 7.12. The molecule has 0 saturated heterocycles. The van der Waals surface area contributed by atoms with E-state index in [-0.39, 0.29) is 0 Å². The molecular formula is C22H29N. The molecule has 1 nitrogen and oxygen atoms in total. The second-order valence-electron chi connectivity index (χ2n) is 7.28. The number of rotatable bonds is 5. The highest BCUT2D eigenvalue weighted by Crippen LogP contribution is 2.33. The van der Waals surface area contributed by atoms with Crippen molar-refractivity contribution >= 4 is 5.71 Å². The van der Waals surface area contributed by atoms with E-state index in [4.69, 9.17) is 5.41 Å². The van der Waals surface area contributed by atoms with Crippen LogP contribution in [0.1, 0.15) is 87.1 Å². The van der Waals surface area contributed by atoms with Gasteiger partial charge in [0.15, 0.2) is 0 Å². The van der Waals surface area contributed by atoms with Gasteiger partial charge in [-0.15, -0.1) is 0 Å². The van der Waals surface area contributed by atoms with Crippen LogP contribution in [0.3, 0.4) is 0 Å². The summed E-state index contributed by atoms with van der Waals surface area (Å²) in [6, 6.07) is 14.7. The summed E-state index contributed by atoms with van der Waals surface area (Å²) in [5, 5.41) is 8.82. The van der Waals surface area contributed by atoms with Crippen LogP contribution in [-0.4, -0.2) is 5.71 Å². The zero-order valence-electron chi connectivity index (χ0n) is 15.3. The van der Waals surface area contributed by atoms with E-state index < -0.39 is 0 Å². The molecule has 0 radical (unpaired) electrons. The minimum atomic E-state index is 0.408. The van der Waals surface area contributed by atoms with Crippen LogP contribution in [-0.2, 0) is 0 Å². The van der Waals surface area contributed by atoms with Gasteiger partial charge in [-0.25, -0.2) is 0 Å². The van der Waals surface area contributed by atoms with Gasteiger partial charge in [-0.2, -0.15) is 0 Å². The third-order valence-electron chi connectivity index (χ3n) is 4.44. The lowest BCUT2D eigenvalue weighted by Crippen LogP contribution is -2.13. The van der Waals surface area contributed by atoms with Crippen molar-refractivity contribution in [1.82, 2.24) is 0 Å². The Morgan fingerprint density at radius 2 is 1.22 bits per heavy atom. The van der Waals surface area contributed by atoms with Gasteiger partial charge in [0.2, 0.25) is 0 Å². The molecule has 0 aliphatic carbocycles. The lowest BCUT2D eigenvalue weighted by atomic mass is 9.81. The van der Waals surface area contributed by atoms with Crippen molar-refractivity contribution in [3.05, 3.63) is 70.3 Å². The molecule has 0 heterocycles. The maximum atomic E-state index is 8.82. The Bertz CT molecular complexity index is 649. The van der Waals surface area contributed by atoms with Gasteiger partial charge in [0.25, 0.3) is 0 Å². The molecule has 122 valence electrons. The fraction of sp³-hybridized carbons (Fsp3) is 0.409. The Morgan fingerprint density at radius 1 is 0.739 bits per heavy atom. The molecule has 23 heavy (non-hydrogen) atoms. The predicted molar refractivity (Wildman–Crippen MR) is 101 cm³/mol. The Labute approximate surface area is 141 Å². The molecule has 0 aromatic heterocycles. The summed E-state index contributed by atoms with van der Waals surface area (Å²) in [6.07, 6.45) is 0. The van der Waals surface area contributed by atoms with Crippen molar-refractivity contribution in [2.75, 3.05) is 0 Å². The molecule has 1 N–H and O–H groups in total. The van der Waals surface area contributed by atoms with Gasteiger partial charge >= 0.3 is 0 Å². The molecule has 2 aromatic rings. The minimum absolute atomic E-state index is 0.408. The van der Waals surface area contributed by atoms with E-state index >= 15 is 0 Å². The Hall–Kier alpha value is -1.89. The van der Waals surface area contributed by atoms with Gasteiger partial charge in [0, 0.05) is 11.1 Å². The van der Waals surface area contributed by atoms with Gasteiger partial charge in [-0.1, -0.05) is 84.0 Å². The largest absolute Gasteiger partial charge is 0.300 e. The van der Waals surface area contributed by atoms with Crippen LogP contribution in [0.25, 0.3) is 0 Å². The Balaban J connectivity index is 2.71. The molecule has 0 fully saturated rings. The molecule has 0 bridgehead atoms. The van der Waals surface area contributed by atoms with Gasteiger partial charge in [0.05, 0.1) is 5.71 Å². The highest BCUT2D eigenvalue weighted by Gasteiger charge is 2.20. The molecule has 2 aromatic carbocycles. The molecule has 1 heteroatoms. The lowest BCUT2D eigenvalue weighted by Gasteiger charge is -2.23. The molecule has 0 spiro atoms. The van der Waals surface area contributed by atoms with Crippen molar-refractivity contribution in [3.8, 4) is 0 Å². The monoisotopic (exact) mass is 307 g/mol. The number of hydrogen-bond acceptors (Lipinski definition) is 1. The van der Waals surface area contributed by atoms with E-state index in [1.54, 1.807) is 0 Å². The van der Waals surface area contributed by atoms with E-state index in [9.17, 15) is 0 Å². The standard InChI is InChI=1S/C22H29N/c1-14(2)18-12-19(15(3)4)21(20(13-18)16(5)6)22(23)17-10-8-7-9-11-17/h7-16,23H,1-6H3. The summed E-state index contributed by atoms with van der Waals surface area (Å²) in [4.78, 5) is 0. The van der Waals surface area contributed by atoms with Crippen LogP contribution < -0.4 is 0 Å². The average molecular weight is 307 g/mol. The van der Waals surface area contributed by atoms with Crippen LogP contribution in [0, 0.1) is 5.41 Å². The van der Waals surface area contributed by atoms with Crippen LogP contribution in [0.5, 0.6) is 0 Å². The van der Waals surface area contributed by atoms with Crippen molar-refractivity contribution in [2.45, 2.75) is 59.3 Å². The molecule has 0 unspecified atom stereocenters. The first kappa shape index (κ1) is 17.5. The first-order chi connectivity index (χ1) is 10.8. The van der Waals surface area contributed by atoms with Crippen molar-refractivity contribution < 1.29 is 0 Å². The third-order valence-corrected chi connectivity index (χ3v) is 4.44. The maximum Gasteiger partial charge on any atom is 0.0690 e. The molecule has 2 rings (SSSR count). The molecule has 0 saturated carbocycles. The minimum Gasteiger partial charge on any atom is -0.300 e. The third kappa shape index (κ3) is 3.72. The van der Waals surface area contributed by atoms with Crippen LogP contribution in [0.2, 0.25) is 0 Å². The van der Waals surface area contributed by atoms with Gasteiger partial charge in [0.1, 0.15) is 0 Å². The molecule has 0 amide bonds. The molecule has 0 aliphatic heterocycles. The van der Waals surface area contributed by atoms with Gasteiger partial charge in [-0.05, 0) is 34.4 Å². The summed E-state index contributed by atoms with van der Waals surface area (Å²) in [5.74, 6) is 1.32. The zero-order chi connectivity index (χ0) is 17.1. The van der Waals surface area contributed by atoms with Crippen molar-refractivity contribution in [2.24, 2.45) is 0 Å².